The minimum atomic E-state index is 0.388. The Hall–Kier alpha value is -2.51. The fraction of sp³-hybridized carbons (Fsp3) is 0.333. The van der Waals surface area contributed by atoms with E-state index >= 15 is 0 Å². The number of fused-ring (bicyclic) bond motifs is 1. The summed E-state index contributed by atoms with van der Waals surface area (Å²) < 4.78 is 18.5. The van der Waals surface area contributed by atoms with Crippen LogP contribution >= 0.6 is 11.6 Å². The molecule has 1 aliphatic heterocycles. The third-order valence-corrected chi connectivity index (χ3v) is 4.23. The molecule has 0 amide bonds. The van der Waals surface area contributed by atoms with Gasteiger partial charge < -0.3 is 19.1 Å². The Labute approximate surface area is 156 Å². The molecule has 0 unspecified atom stereocenters. The molecule has 3 heterocycles. The van der Waals surface area contributed by atoms with E-state index in [-0.39, 0.29) is 0 Å². The fourth-order valence-corrected chi connectivity index (χ4v) is 3.00. The van der Waals surface area contributed by atoms with E-state index < -0.39 is 0 Å². The maximum atomic E-state index is 6.18. The van der Waals surface area contributed by atoms with Gasteiger partial charge in [-0.15, -0.1) is 5.10 Å². The van der Waals surface area contributed by atoms with Gasteiger partial charge in [0.1, 0.15) is 29.9 Å². The first-order valence-electron chi connectivity index (χ1n) is 8.49. The van der Waals surface area contributed by atoms with Crippen molar-refractivity contribution in [3.05, 3.63) is 47.6 Å². The summed E-state index contributed by atoms with van der Waals surface area (Å²) in [6.45, 7) is 3.76. The summed E-state index contributed by atoms with van der Waals surface area (Å²) in [6.07, 6.45) is 0. The summed E-state index contributed by atoms with van der Waals surface area (Å²) in [5, 5.41) is 4.94. The number of para-hydroxylation sites is 1. The molecule has 8 heteroatoms. The predicted octanol–water partition coefficient (Wildman–Crippen LogP) is 2.68. The molecule has 0 spiro atoms. The normalized spacial score (nSPS) is 14.6. The number of ether oxygens (including phenoxy) is 3. The van der Waals surface area contributed by atoms with Crippen molar-refractivity contribution in [3.63, 3.8) is 0 Å². The number of hydrogen-bond acceptors (Lipinski definition) is 6. The van der Waals surface area contributed by atoms with Crippen molar-refractivity contribution < 1.29 is 14.2 Å². The van der Waals surface area contributed by atoms with Crippen LogP contribution in [-0.4, -0.2) is 54.1 Å². The maximum absolute atomic E-state index is 6.18. The van der Waals surface area contributed by atoms with Crippen LogP contribution in [0.15, 0.2) is 42.5 Å². The highest BCUT2D eigenvalue weighted by Gasteiger charge is 2.17. The van der Waals surface area contributed by atoms with Crippen LogP contribution in [-0.2, 0) is 4.74 Å². The summed E-state index contributed by atoms with van der Waals surface area (Å²) in [5.41, 5.74) is 0.651. The van der Waals surface area contributed by atoms with Crippen LogP contribution in [0, 0.1) is 0 Å². The van der Waals surface area contributed by atoms with Gasteiger partial charge in [-0.2, -0.15) is 4.52 Å². The van der Waals surface area contributed by atoms with Crippen LogP contribution in [0.3, 0.4) is 0 Å². The molecule has 0 aliphatic carbocycles. The Kier molecular flexibility index (Phi) is 5.08. The number of anilines is 1. The van der Waals surface area contributed by atoms with Crippen molar-refractivity contribution in [2.45, 2.75) is 0 Å². The van der Waals surface area contributed by atoms with Gasteiger partial charge in [0.25, 0.3) is 0 Å². The van der Waals surface area contributed by atoms with Gasteiger partial charge in [-0.3, -0.25) is 0 Å². The van der Waals surface area contributed by atoms with Crippen LogP contribution in [0.1, 0.15) is 0 Å². The molecular weight excluding hydrogens is 356 g/mol. The summed E-state index contributed by atoms with van der Waals surface area (Å²) >= 11 is 6.18. The molecule has 26 heavy (non-hydrogen) atoms. The SMILES string of the molecule is Clc1cc(N2CCOCC2)n2nc(OCCOc3ccccc3)cc2n1. The summed E-state index contributed by atoms with van der Waals surface area (Å²) in [7, 11) is 0. The zero-order chi connectivity index (χ0) is 17.8. The molecule has 1 aromatic carbocycles. The van der Waals surface area contributed by atoms with Crippen molar-refractivity contribution in [3.8, 4) is 11.6 Å². The van der Waals surface area contributed by atoms with Gasteiger partial charge in [-0.25, -0.2) is 4.98 Å². The lowest BCUT2D eigenvalue weighted by Crippen LogP contribution is -2.37. The highest BCUT2D eigenvalue weighted by molar-refractivity contribution is 6.29. The van der Waals surface area contributed by atoms with Crippen molar-refractivity contribution in [1.82, 2.24) is 14.6 Å². The maximum Gasteiger partial charge on any atom is 0.235 e. The minimum Gasteiger partial charge on any atom is -0.490 e. The van der Waals surface area contributed by atoms with E-state index in [9.17, 15) is 0 Å². The Morgan fingerprint density at radius 1 is 1.04 bits per heavy atom. The van der Waals surface area contributed by atoms with Crippen LogP contribution in [0.4, 0.5) is 5.82 Å². The molecule has 3 aromatic rings. The van der Waals surface area contributed by atoms with Crippen LogP contribution in [0.2, 0.25) is 5.15 Å². The second-order valence-corrected chi connectivity index (χ2v) is 6.19. The van der Waals surface area contributed by atoms with Crippen LogP contribution < -0.4 is 14.4 Å². The second-order valence-electron chi connectivity index (χ2n) is 5.80. The third-order valence-electron chi connectivity index (χ3n) is 4.03. The average molecular weight is 375 g/mol. The van der Waals surface area contributed by atoms with Gasteiger partial charge in [0.15, 0.2) is 5.65 Å². The van der Waals surface area contributed by atoms with Gasteiger partial charge in [0, 0.05) is 25.2 Å². The van der Waals surface area contributed by atoms with E-state index in [4.69, 9.17) is 25.8 Å². The van der Waals surface area contributed by atoms with E-state index in [1.165, 1.54) is 0 Å². The smallest absolute Gasteiger partial charge is 0.235 e. The van der Waals surface area contributed by atoms with E-state index in [1.807, 2.05) is 36.4 Å². The van der Waals surface area contributed by atoms with E-state index in [0.717, 1.165) is 24.7 Å². The lowest BCUT2D eigenvalue weighted by molar-refractivity contribution is 0.122. The number of aromatic nitrogens is 3. The van der Waals surface area contributed by atoms with E-state index in [1.54, 1.807) is 10.6 Å². The molecule has 1 fully saturated rings. The lowest BCUT2D eigenvalue weighted by Gasteiger charge is -2.28. The Bertz CT molecular complexity index is 866. The Morgan fingerprint density at radius 2 is 1.81 bits per heavy atom. The summed E-state index contributed by atoms with van der Waals surface area (Å²) in [5.74, 6) is 2.19. The van der Waals surface area contributed by atoms with E-state index in [0.29, 0.717) is 43.1 Å². The van der Waals surface area contributed by atoms with Crippen molar-refractivity contribution >= 4 is 23.1 Å². The van der Waals surface area contributed by atoms with Gasteiger partial charge in [-0.05, 0) is 12.1 Å². The topological polar surface area (TPSA) is 61.1 Å². The molecule has 1 saturated heterocycles. The molecule has 2 aromatic heterocycles. The monoisotopic (exact) mass is 374 g/mol. The average Bonchev–Trinajstić information content (AvgIpc) is 3.09. The van der Waals surface area contributed by atoms with Crippen molar-refractivity contribution in [1.29, 1.82) is 0 Å². The highest BCUT2D eigenvalue weighted by atomic mass is 35.5. The molecule has 0 N–H and O–H groups in total. The quantitative estimate of drug-likeness (QED) is 0.488. The Balaban J connectivity index is 1.45. The molecular formula is C18H19ClN4O3. The fourth-order valence-electron chi connectivity index (χ4n) is 2.82. The third kappa shape index (κ3) is 3.84. The van der Waals surface area contributed by atoms with Gasteiger partial charge in [0.05, 0.1) is 13.2 Å². The van der Waals surface area contributed by atoms with Crippen molar-refractivity contribution in [2.75, 3.05) is 44.4 Å². The number of hydrogen-bond donors (Lipinski definition) is 0. The number of rotatable bonds is 6. The second kappa shape index (κ2) is 7.80. The molecule has 0 radical (unpaired) electrons. The zero-order valence-electron chi connectivity index (χ0n) is 14.2. The lowest BCUT2D eigenvalue weighted by atomic mass is 10.3. The number of benzene rings is 1. The predicted molar refractivity (Wildman–Crippen MR) is 98.5 cm³/mol. The number of morpholine rings is 1. The zero-order valence-corrected chi connectivity index (χ0v) is 14.9. The van der Waals surface area contributed by atoms with Crippen molar-refractivity contribution in [2.24, 2.45) is 0 Å². The van der Waals surface area contributed by atoms with Crippen LogP contribution in [0.5, 0.6) is 11.6 Å². The highest BCUT2D eigenvalue weighted by Crippen LogP contribution is 2.23. The molecule has 0 saturated carbocycles. The first kappa shape index (κ1) is 16.9. The summed E-state index contributed by atoms with van der Waals surface area (Å²) in [6, 6.07) is 13.2. The largest absolute Gasteiger partial charge is 0.490 e. The molecule has 0 bridgehead atoms. The molecule has 136 valence electrons. The van der Waals surface area contributed by atoms with Gasteiger partial charge in [-0.1, -0.05) is 29.8 Å². The van der Waals surface area contributed by atoms with Gasteiger partial charge in [0.2, 0.25) is 5.88 Å². The first-order valence-corrected chi connectivity index (χ1v) is 8.87. The minimum absolute atomic E-state index is 0.388. The standard InChI is InChI=1S/C18H19ClN4O3/c19-15-12-18(22-6-8-24-9-7-22)23-16(20-15)13-17(21-23)26-11-10-25-14-4-2-1-3-5-14/h1-5,12-13H,6-11H2. The Morgan fingerprint density at radius 3 is 2.62 bits per heavy atom. The summed E-state index contributed by atoms with van der Waals surface area (Å²) in [4.78, 5) is 6.50. The molecule has 1 aliphatic rings. The van der Waals surface area contributed by atoms with Crippen LogP contribution in [0.25, 0.3) is 5.65 Å². The molecule has 4 rings (SSSR count). The number of nitrogens with zero attached hydrogens (tertiary/aromatic N) is 4. The van der Waals surface area contributed by atoms with Gasteiger partial charge >= 0.3 is 0 Å². The molecule has 0 atom stereocenters. The first-order chi connectivity index (χ1) is 12.8. The van der Waals surface area contributed by atoms with E-state index in [2.05, 4.69) is 15.0 Å². The molecule has 7 nitrogen and oxygen atoms in total. The number of halogens is 1.